The third-order valence-electron chi connectivity index (χ3n) is 6.10. The van der Waals surface area contributed by atoms with Crippen molar-refractivity contribution in [1.82, 2.24) is 0 Å². The van der Waals surface area contributed by atoms with Crippen LogP contribution < -0.4 is 4.74 Å². The Bertz CT molecular complexity index is 787. The van der Waals surface area contributed by atoms with Crippen molar-refractivity contribution in [3.05, 3.63) is 50.6 Å². The third-order valence-corrected chi connectivity index (χ3v) is 13.4. The molecule has 1 aromatic rings. The number of benzene rings is 1. The van der Waals surface area contributed by atoms with Gasteiger partial charge >= 0.3 is 139 Å². The average molecular weight is 535 g/mol. The quantitative estimate of drug-likeness (QED) is 0.141. The molecule has 4 nitrogen and oxygen atoms in total. The van der Waals surface area contributed by atoms with Gasteiger partial charge < -0.3 is 4.74 Å². The summed E-state index contributed by atoms with van der Waals surface area (Å²) in [6.07, 6.45) is 6.20. The van der Waals surface area contributed by atoms with Gasteiger partial charge in [0.05, 0.1) is 13.7 Å². The number of cyclic esters (lactones) is 1. The zero-order valence-electron chi connectivity index (χ0n) is 20.4. The molecular formula is C26H40O4Sn. The van der Waals surface area contributed by atoms with Crippen LogP contribution in [0.2, 0.25) is 14.8 Å². The number of carbonyl (C=O) groups excluding carboxylic acids is 1. The molecule has 0 amide bonds. The van der Waals surface area contributed by atoms with Gasteiger partial charge in [-0.3, -0.25) is 0 Å². The Labute approximate surface area is 192 Å². The first-order chi connectivity index (χ1) is 14.6. The van der Waals surface area contributed by atoms with Crippen molar-refractivity contribution in [2.45, 2.75) is 74.0 Å². The molecule has 0 bridgehead atoms. The first kappa shape index (κ1) is 26.0. The van der Waals surface area contributed by atoms with Crippen LogP contribution in [-0.2, 0) is 20.9 Å². The van der Waals surface area contributed by atoms with Gasteiger partial charge in [0.15, 0.2) is 0 Å². The second-order valence-corrected chi connectivity index (χ2v) is 24.9. The predicted molar refractivity (Wildman–Crippen MR) is 130 cm³/mol. The van der Waals surface area contributed by atoms with Gasteiger partial charge in [0, 0.05) is 0 Å². The Hall–Kier alpha value is -1.27. The summed E-state index contributed by atoms with van der Waals surface area (Å²) in [6, 6.07) is 7.97. The van der Waals surface area contributed by atoms with Crippen LogP contribution in [0.25, 0.3) is 0 Å². The molecule has 2 rings (SSSR count). The first-order valence-corrected chi connectivity index (χ1v) is 21.4. The Balaban J connectivity index is 1.70. The second kappa shape index (κ2) is 12.1. The van der Waals surface area contributed by atoms with Crippen molar-refractivity contribution < 1.29 is 19.0 Å². The number of hydrogen-bond acceptors (Lipinski definition) is 4. The summed E-state index contributed by atoms with van der Waals surface area (Å²) in [5, 5.41) is 0. The Morgan fingerprint density at radius 2 is 1.90 bits per heavy atom. The minimum Gasteiger partial charge on any atom is -0.0530 e. The summed E-state index contributed by atoms with van der Waals surface area (Å²) in [5.41, 5.74) is 3.38. The standard InChI is InChI=1S/C23H31O4.3CH3.Sn/c1-5-20-14-22(27-23(20)24)13-17(2)7-6-8-18(3)15-26-16-19-9-11-21(25-4)12-10-19;;;;/h8-12,17,22H,6-7,13-16H2,1-4H3;3*1H3;/b18-8+,20-5?;;;;/t17-,22-;;;;/m1..../s1. The van der Waals surface area contributed by atoms with Gasteiger partial charge in [0.1, 0.15) is 5.75 Å². The van der Waals surface area contributed by atoms with E-state index in [1.807, 2.05) is 24.3 Å². The minimum absolute atomic E-state index is 0.0546. The van der Waals surface area contributed by atoms with Crippen LogP contribution in [0.15, 0.2) is 45.1 Å². The summed E-state index contributed by atoms with van der Waals surface area (Å²) < 4.78 is 18.1. The molecule has 1 fully saturated rings. The minimum atomic E-state index is -2.20. The van der Waals surface area contributed by atoms with E-state index < -0.39 is 18.4 Å². The van der Waals surface area contributed by atoms with Gasteiger partial charge in [-0.1, -0.05) is 12.1 Å². The fraction of sp³-hybridized carbons (Fsp3) is 0.577. The van der Waals surface area contributed by atoms with Crippen molar-refractivity contribution in [2.75, 3.05) is 13.7 Å². The van der Waals surface area contributed by atoms with Crippen molar-refractivity contribution in [1.29, 1.82) is 0 Å². The molecule has 1 saturated heterocycles. The van der Waals surface area contributed by atoms with Crippen LogP contribution in [-0.4, -0.2) is 44.2 Å². The number of ether oxygens (including phenoxy) is 3. The van der Waals surface area contributed by atoms with Crippen LogP contribution in [0.5, 0.6) is 5.75 Å². The molecule has 0 N–H and O–H groups in total. The number of esters is 1. The van der Waals surface area contributed by atoms with E-state index in [1.165, 1.54) is 9.16 Å². The maximum atomic E-state index is 12.3. The zero-order valence-corrected chi connectivity index (χ0v) is 23.3. The molecule has 5 heteroatoms. The molecule has 0 spiro atoms. The van der Waals surface area contributed by atoms with Gasteiger partial charge in [-0.25, -0.2) is 0 Å². The van der Waals surface area contributed by atoms with E-state index in [0.29, 0.717) is 19.1 Å². The molecule has 172 valence electrons. The van der Waals surface area contributed by atoms with Crippen molar-refractivity contribution in [2.24, 2.45) is 5.92 Å². The van der Waals surface area contributed by atoms with Crippen LogP contribution in [0.3, 0.4) is 0 Å². The number of carbonyl (C=O) groups is 1. The Kier molecular flexibility index (Phi) is 10.1. The molecule has 1 aliphatic rings. The summed E-state index contributed by atoms with van der Waals surface area (Å²) in [4.78, 5) is 19.4. The fourth-order valence-corrected chi connectivity index (χ4v) is 6.92. The van der Waals surface area contributed by atoms with Crippen molar-refractivity contribution in [3.63, 3.8) is 0 Å². The molecule has 0 radical (unpaired) electrons. The Morgan fingerprint density at radius 3 is 2.52 bits per heavy atom. The van der Waals surface area contributed by atoms with Gasteiger partial charge in [0.25, 0.3) is 0 Å². The smallest absolute Gasteiger partial charge is 0.0196 e. The number of allylic oxidation sites excluding steroid dienone is 2. The van der Waals surface area contributed by atoms with Crippen molar-refractivity contribution in [3.8, 4) is 5.75 Å². The zero-order chi connectivity index (χ0) is 23.0. The van der Waals surface area contributed by atoms with E-state index in [-0.39, 0.29) is 12.1 Å². The van der Waals surface area contributed by atoms with E-state index in [9.17, 15) is 4.79 Å². The second-order valence-electron chi connectivity index (χ2n) is 9.89. The van der Waals surface area contributed by atoms with Crippen LogP contribution in [0.1, 0.15) is 52.0 Å². The van der Waals surface area contributed by atoms with E-state index in [2.05, 4.69) is 41.7 Å². The molecule has 0 saturated carbocycles. The third kappa shape index (κ3) is 8.64. The van der Waals surface area contributed by atoms with Crippen LogP contribution >= 0.6 is 0 Å². The molecule has 1 heterocycles. The van der Waals surface area contributed by atoms with E-state index in [1.54, 1.807) is 7.11 Å². The molecule has 1 aliphatic heterocycles. The summed E-state index contributed by atoms with van der Waals surface area (Å²) in [7, 11) is 1.67. The normalized spacial score (nSPS) is 19.9. The SMILES string of the molecule is COc1ccc(COC/C(C)=C/CC[C@@H](C)C[C@@H]2C/C(=[C](\C)[Sn]([CH3])([CH3])[CH3])C(=O)O2)cc1. The fourth-order valence-electron chi connectivity index (χ4n) is 3.76. The monoisotopic (exact) mass is 536 g/mol. The van der Waals surface area contributed by atoms with Gasteiger partial charge in [-0.2, -0.15) is 0 Å². The van der Waals surface area contributed by atoms with Gasteiger partial charge in [-0.05, 0) is 17.7 Å². The maximum absolute atomic E-state index is 12.3. The Morgan fingerprint density at radius 1 is 1.23 bits per heavy atom. The van der Waals surface area contributed by atoms with Crippen molar-refractivity contribution >= 4 is 24.3 Å². The summed E-state index contributed by atoms with van der Waals surface area (Å²) in [6.45, 7) is 7.78. The van der Waals surface area contributed by atoms with E-state index in [0.717, 1.165) is 42.6 Å². The molecule has 2 atom stereocenters. The molecule has 0 aromatic heterocycles. The summed E-state index contributed by atoms with van der Waals surface area (Å²) in [5.74, 6) is 1.33. The van der Waals surface area contributed by atoms with E-state index in [4.69, 9.17) is 14.2 Å². The van der Waals surface area contributed by atoms with Crippen LogP contribution in [0.4, 0.5) is 0 Å². The molecular weight excluding hydrogens is 495 g/mol. The first-order valence-electron chi connectivity index (χ1n) is 11.4. The van der Waals surface area contributed by atoms with Gasteiger partial charge in [-0.15, -0.1) is 0 Å². The van der Waals surface area contributed by atoms with Gasteiger partial charge in [0.2, 0.25) is 0 Å². The molecule has 0 aliphatic carbocycles. The average Bonchev–Trinajstić information content (AvgIpc) is 3.06. The topological polar surface area (TPSA) is 44.8 Å². The number of hydrogen-bond donors (Lipinski definition) is 0. The van der Waals surface area contributed by atoms with Crippen LogP contribution in [0, 0.1) is 5.92 Å². The maximum Gasteiger partial charge on any atom is -0.0196 e. The molecule has 1 aromatic carbocycles. The largest absolute Gasteiger partial charge is 0.0530 e. The van der Waals surface area contributed by atoms with E-state index >= 15 is 0 Å². The predicted octanol–water partition coefficient (Wildman–Crippen LogP) is 6.47. The molecule has 0 unspecified atom stereocenters. The number of methoxy groups -OCH3 is 1. The summed E-state index contributed by atoms with van der Waals surface area (Å²) >= 11 is -2.20. The number of rotatable bonds is 11. The molecule has 31 heavy (non-hydrogen) atoms.